The quantitative estimate of drug-likeness (QED) is 0.513. The summed E-state index contributed by atoms with van der Waals surface area (Å²) < 4.78 is 5.05. The Morgan fingerprint density at radius 1 is 1.04 bits per heavy atom. The zero-order chi connectivity index (χ0) is 19.3. The summed E-state index contributed by atoms with van der Waals surface area (Å²) in [5.41, 5.74) is 1.92. The molecular formula is C21H24O5. The molecule has 0 atom stereocenters. The predicted molar refractivity (Wildman–Crippen MR) is 100 cm³/mol. The van der Waals surface area contributed by atoms with Crippen molar-refractivity contribution in [3.05, 3.63) is 58.7 Å². The molecule has 5 nitrogen and oxygen atoms in total. The van der Waals surface area contributed by atoms with Crippen LogP contribution in [0.25, 0.3) is 0 Å². The lowest BCUT2D eigenvalue weighted by Gasteiger charge is -2.16. The number of rotatable bonds is 7. The summed E-state index contributed by atoms with van der Waals surface area (Å²) in [4.78, 5) is 12.7. The van der Waals surface area contributed by atoms with Crippen molar-refractivity contribution in [3.8, 4) is 23.0 Å². The molecule has 0 saturated heterocycles. The van der Waals surface area contributed by atoms with Crippen molar-refractivity contribution in [2.75, 3.05) is 7.11 Å². The molecule has 0 unspecified atom stereocenters. The van der Waals surface area contributed by atoms with E-state index in [1.165, 1.54) is 7.11 Å². The lowest BCUT2D eigenvalue weighted by molar-refractivity contribution is 0.0976. The van der Waals surface area contributed by atoms with Crippen molar-refractivity contribution in [3.63, 3.8) is 0 Å². The van der Waals surface area contributed by atoms with E-state index in [2.05, 4.69) is 0 Å². The minimum Gasteiger partial charge on any atom is -0.507 e. The SMILES string of the molecule is COc1c(O)c(CC=C(C)C)c(O)c(C(=O)CCc2ccccc2)c1O. The Labute approximate surface area is 153 Å². The number of phenols is 3. The van der Waals surface area contributed by atoms with Gasteiger partial charge in [0.2, 0.25) is 5.75 Å². The maximum atomic E-state index is 12.7. The van der Waals surface area contributed by atoms with Crippen LogP contribution in [0.4, 0.5) is 0 Å². The number of hydrogen-bond acceptors (Lipinski definition) is 5. The van der Waals surface area contributed by atoms with Crippen molar-refractivity contribution in [2.24, 2.45) is 0 Å². The fraction of sp³-hybridized carbons (Fsp3) is 0.286. The third kappa shape index (κ3) is 4.17. The Hall–Kier alpha value is -2.95. The summed E-state index contributed by atoms with van der Waals surface area (Å²) in [6.07, 6.45) is 2.62. The maximum absolute atomic E-state index is 12.7. The molecule has 0 aliphatic carbocycles. The van der Waals surface area contributed by atoms with Crippen LogP contribution in [0.5, 0.6) is 23.0 Å². The van der Waals surface area contributed by atoms with Gasteiger partial charge in [-0.15, -0.1) is 0 Å². The highest BCUT2D eigenvalue weighted by Gasteiger charge is 2.27. The van der Waals surface area contributed by atoms with Crippen molar-refractivity contribution >= 4 is 5.78 Å². The first-order valence-electron chi connectivity index (χ1n) is 8.41. The highest BCUT2D eigenvalue weighted by molar-refractivity contribution is 6.03. The molecule has 0 aromatic heterocycles. The largest absolute Gasteiger partial charge is 0.507 e. The Morgan fingerprint density at radius 3 is 2.27 bits per heavy atom. The van der Waals surface area contributed by atoms with E-state index in [1.807, 2.05) is 50.3 Å². The molecule has 0 aliphatic rings. The number of ether oxygens (including phenoxy) is 1. The number of allylic oxidation sites excluding steroid dienone is 2. The molecule has 26 heavy (non-hydrogen) atoms. The second-order valence-electron chi connectivity index (χ2n) is 6.33. The molecule has 0 amide bonds. The Bertz CT molecular complexity index is 818. The average Bonchev–Trinajstić information content (AvgIpc) is 2.61. The van der Waals surface area contributed by atoms with Gasteiger partial charge in [0.25, 0.3) is 0 Å². The molecule has 0 aliphatic heterocycles. The molecule has 138 valence electrons. The molecular weight excluding hydrogens is 332 g/mol. The Kier molecular flexibility index (Phi) is 6.28. The third-order valence-corrected chi connectivity index (χ3v) is 4.16. The topological polar surface area (TPSA) is 87.0 Å². The van der Waals surface area contributed by atoms with Gasteiger partial charge in [-0.2, -0.15) is 0 Å². The number of carbonyl (C=O) groups excluding carboxylic acids is 1. The van der Waals surface area contributed by atoms with Crippen LogP contribution in [0.2, 0.25) is 0 Å². The first-order chi connectivity index (χ1) is 12.4. The molecule has 0 bridgehead atoms. The number of methoxy groups -OCH3 is 1. The van der Waals surface area contributed by atoms with Crippen molar-refractivity contribution in [2.45, 2.75) is 33.1 Å². The lowest BCUT2D eigenvalue weighted by Crippen LogP contribution is -2.05. The van der Waals surface area contributed by atoms with Crippen LogP contribution in [0.15, 0.2) is 42.0 Å². The molecule has 2 aromatic rings. The molecule has 3 N–H and O–H groups in total. The van der Waals surface area contributed by atoms with Gasteiger partial charge in [-0.25, -0.2) is 0 Å². The normalized spacial score (nSPS) is 10.4. The van der Waals surface area contributed by atoms with Crippen LogP contribution in [0, 0.1) is 0 Å². The summed E-state index contributed by atoms with van der Waals surface area (Å²) in [6, 6.07) is 9.48. The van der Waals surface area contributed by atoms with E-state index in [0.717, 1.165) is 11.1 Å². The summed E-state index contributed by atoms with van der Waals surface area (Å²) in [5, 5.41) is 31.2. The van der Waals surface area contributed by atoms with E-state index in [4.69, 9.17) is 4.74 Å². The Morgan fingerprint density at radius 2 is 1.69 bits per heavy atom. The second-order valence-corrected chi connectivity index (χ2v) is 6.33. The van der Waals surface area contributed by atoms with Gasteiger partial charge in [-0.3, -0.25) is 4.79 Å². The summed E-state index contributed by atoms with van der Waals surface area (Å²) in [7, 11) is 1.29. The van der Waals surface area contributed by atoms with E-state index < -0.39 is 17.3 Å². The number of benzene rings is 2. The number of Topliss-reactive ketones (excluding diaryl/α,β-unsaturated/α-hetero) is 1. The van der Waals surface area contributed by atoms with Crippen molar-refractivity contribution in [1.82, 2.24) is 0 Å². The van der Waals surface area contributed by atoms with Gasteiger partial charge in [-0.05, 0) is 32.3 Å². The lowest BCUT2D eigenvalue weighted by atomic mass is 9.96. The first kappa shape index (κ1) is 19.4. The van der Waals surface area contributed by atoms with Crippen LogP contribution >= 0.6 is 0 Å². The van der Waals surface area contributed by atoms with Crippen molar-refractivity contribution < 1.29 is 24.9 Å². The third-order valence-electron chi connectivity index (χ3n) is 4.16. The zero-order valence-corrected chi connectivity index (χ0v) is 15.2. The number of carbonyl (C=O) groups is 1. The van der Waals surface area contributed by atoms with Crippen LogP contribution < -0.4 is 4.74 Å². The maximum Gasteiger partial charge on any atom is 0.204 e. The van der Waals surface area contributed by atoms with Gasteiger partial charge in [0.05, 0.1) is 7.11 Å². The Balaban J connectivity index is 2.41. The van der Waals surface area contributed by atoms with Gasteiger partial charge >= 0.3 is 0 Å². The van der Waals surface area contributed by atoms with Crippen LogP contribution in [-0.2, 0) is 12.8 Å². The van der Waals surface area contributed by atoms with E-state index in [9.17, 15) is 20.1 Å². The van der Waals surface area contributed by atoms with Crippen LogP contribution in [0.3, 0.4) is 0 Å². The first-order valence-corrected chi connectivity index (χ1v) is 8.41. The van der Waals surface area contributed by atoms with Crippen LogP contribution in [-0.4, -0.2) is 28.2 Å². The number of aromatic hydroxyl groups is 3. The molecule has 5 heteroatoms. The smallest absolute Gasteiger partial charge is 0.204 e. The second kappa shape index (κ2) is 8.43. The number of ketones is 1. The van der Waals surface area contributed by atoms with E-state index in [1.54, 1.807) is 0 Å². The van der Waals surface area contributed by atoms with Gasteiger partial charge in [0.15, 0.2) is 17.3 Å². The molecule has 0 radical (unpaired) electrons. The molecule has 0 heterocycles. The monoisotopic (exact) mass is 356 g/mol. The summed E-state index contributed by atoms with van der Waals surface area (Å²) in [5.74, 6) is -1.93. The molecule has 0 saturated carbocycles. The summed E-state index contributed by atoms with van der Waals surface area (Å²) in [6.45, 7) is 3.77. The standard InChI is InChI=1S/C21H24O5/c1-13(2)9-11-15-18(23)17(20(25)21(26-3)19(15)24)16(22)12-10-14-7-5-4-6-8-14/h4-9,23-25H,10-12H2,1-3H3. The number of hydrogen-bond donors (Lipinski definition) is 3. The molecule has 0 fully saturated rings. The molecule has 2 rings (SSSR count). The molecule has 2 aromatic carbocycles. The minimum atomic E-state index is -0.540. The van der Waals surface area contributed by atoms with Gasteiger partial charge < -0.3 is 20.1 Å². The number of aryl methyl sites for hydroxylation is 1. The van der Waals surface area contributed by atoms with E-state index in [-0.39, 0.29) is 35.5 Å². The zero-order valence-electron chi connectivity index (χ0n) is 15.2. The van der Waals surface area contributed by atoms with Crippen molar-refractivity contribution in [1.29, 1.82) is 0 Å². The summed E-state index contributed by atoms with van der Waals surface area (Å²) >= 11 is 0. The van der Waals surface area contributed by atoms with E-state index in [0.29, 0.717) is 6.42 Å². The highest BCUT2D eigenvalue weighted by atomic mass is 16.5. The molecule has 0 spiro atoms. The highest BCUT2D eigenvalue weighted by Crippen LogP contribution is 2.48. The van der Waals surface area contributed by atoms with Gasteiger partial charge in [0.1, 0.15) is 11.3 Å². The van der Waals surface area contributed by atoms with E-state index >= 15 is 0 Å². The van der Waals surface area contributed by atoms with Gasteiger partial charge in [0, 0.05) is 12.0 Å². The minimum absolute atomic E-state index is 0.112. The van der Waals surface area contributed by atoms with Crippen LogP contribution in [0.1, 0.15) is 41.8 Å². The average molecular weight is 356 g/mol. The number of phenolic OH excluding ortho intramolecular Hbond substituents is 3. The van der Waals surface area contributed by atoms with Gasteiger partial charge in [-0.1, -0.05) is 42.0 Å². The fourth-order valence-corrected chi connectivity index (χ4v) is 2.72. The fourth-order valence-electron chi connectivity index (χ4n) is 2.72. The predicted octanol–water partition coefficient (Wildman–Crippen LogP) is 4.14.